The molecule has 11 heteroatoms. The topological polar surface area (TPSA) is 89.6 Å². The number of pyridine rings is 2. The minimum absolute atomic E-state index is 0.428. The van der Waals surface area contributed by atoms with Gasteiger partial charge in [-0.3, -0.25) is 0 Å². The van der Waals surface area contributed by atoms with Crippen molar-refractivity contribution in [3.05, 3.63) is 75.0 Å². The third kappa shape index (κ3) is 8.98. The van der Waals surface area contributed by atoms with Gasteiger partial charge in [-0.25, -0.2) is 19.9 Å². The van der Waals surface area contributed by atoms with Crippen LogP contribution in [-0.2, 0) is 0 Å². The Labute approximate surface area is 179 Å². The first kappa shape index (κ1) is 21.3. The summed E-state index contributed by atoms with van der Waals surface area (Å²) in [4.78, 5) is 15.6. The van der Waals surface area contributed by atoms with Crippen molar-refractivity contribution < 1.29 is 0 Å². The van der Waals surface area contributed by atoms with Gasteiger partial charge in [-0.1, -0.05) is 46.9 Å². The highest BCUT2D eigenvalue weighted by atomic mass is 35.5. The Morgan fingerprint density at radius 1 is 0.778 bits per heavy atom. The summed E-state index contributed by atoms with van der Waals surface area (Å²) in [6.45, 7) is 0. The molecule has 6 nitrogen and oxygen atoms in total. The SMILES string of the molecule is Clc1cccc(Cl)n1.Clc1cccc(Nc2nccs2)n1.Nc1nccs1. The molecule has 0 unspecified atom stereocenters. The lowest BCUT2D eigenvalue weighted by atomic mass is 10.5. The summed E-state index contributed by atoms with van der Waals surface area (Å²) in [7, 11) is 0. The molecule has 0 fully saturated rings. The van der Waals surface area contributed by atoms with Gasteiger partial charge in [0.05, 0.1) is 0 Å². The van der Waals surface area contributed by atoms with E-state index in [1.807, 2.05) is 22.9 Å². The fourth-order valence-corrected chi connectivity index (χ4v) is 2.94. The van der Waals surface area contributed by atoms with Gasteiger partial charge in [0.1, 0.15) is 21.3 Å². The van der Waals surface area contributed by atoms with Gasteiger partial charge in [-0.15, -0.1) is 22.7 Å². The van der Waals surface area contributed by atoms with Gasteiger partial charge in [-0.2, -0.15) is 0 Å². The van der Waals surface area contributed by atoms with Crippen LogP contribution in [0.15, 0.2) is 59.6 Å². The smallest absolute Gasteiger partial charge is 0.188 e. The summed E-state index contributed by atoms with van der Waals surface area (Å²) in [6.07, 6.45) is 3.41. The van der Waals surface area contributed by atoms with Gasteiger partial charge in [0.25, 0.3) is 0 Å². The van der Waals surface area contributed by atoms with Crippen molar-refractivity contribution in [3.63, 3.8) is 0 Å². The van der Waals surface area contributed by atoms with Crippen LogP contribution in [0, 0.1) is 0 Å². The molecular formula is C16H13Cl3N6S2. The van der Waals surface area contributed by atoms with Crippen LogP contribution in [0.5, 0.6) is 0 Å². The third-order valence-corrected chi connectivity index (χ3v) is 4.44. The van der Waals surface area contributed by atoms with E-state index in [1.165, 1.54) is 22.7 Å². The standard InChI is InChI=1S/C8H6ClN3S.C5H3Cl2N.C3H4N2S/c9-6-2-1-3-7(11-6)12-8-10-4-5-13-8;6-4-2-1-3-5(7)8-4;4-3-5-1-2-6-3/h1-5H,(H,10,11,12);1-3H;1-2H,(H2,4,5). The molecule has 4 heterocycles. The fourth-order valence-electron chi connectivity index (χ4n) is 1.49. The molecule has 4 aromatic rings. The predicted molar refractivity (Wildman–Crippen MR) is 115 cm³/mol. The largest absolute Gasteiger partial charge is 0.375 e. The van der Waals surface area contributed by atoms with Crippen molar-refractivity contribution in [2.24, 2.45) is 0 Å². The first-order valence-corrected chi connectivity index (χ1v) is 10.1. The Kier molecular flexibility index (Phi) is 9.23. The van der Waals surface area contributed by atoms with Crippen LogP contribution in [-0.4, -0.2) is 19.9 Å². The third-order valence-electron chi connectivity index (χ3n) is 2.51. The van der Waals surface area contributed by atoms with Crippen molar-refractivity contribution in [1.29, 1.82) is 0 Å². The minimum atomic E-state index is 0.428. The van der Waals surface area contributed by atoms with E-state index in [4.69, 9.17) is 40.5 Å². The van der Waals surface area contributed by atoms with Crippen molar-refractivity contribution in [1.82, 2.24) is 19.9 Å². The number of halogens is 3. The monoisotopic (exact) mass is 458 g/mol. The van der Waals surface area contributed by atoms with Gasteiger partial charge in [0.15, 0.2) is 10.3 Å². The molecule has 0 aromatic carbocycles. The van der Waals surface area contributed by atoms with E-state index in [2.05, 4.69) is 25.3 Å². The highest BCUT2D eigenvalue weighted by molar-refractivity contribution is 7.13. The summed E-state index contributed by atoms with van der Waals surface area (Å²) >= 11 is 19.6. The van der Waals surface area contributed by atoms with Gasteiger partial charge in [0.2, 0.25) is 0 Å². The van der Waals surface area contributed by atoms with Crippen LogP contribution in [0.1, 0.15) is 0 Å². The van der Waals surface area contributed by atoms with Crippen molar-refractivity contribution in [2.75, 3.05) is 11.1 Å². The van der Waals surface area contributed by atoms with E-state index in [0.717, 1.165) is 5.13 Å². The Morgan fingerprint density at radius 3 is 1.78 bits per heavy atom. The lowest BCUT2D eigenvalue weighted by molar-refractivity contribution is 1.29. The quantitative estimate of drug-likeness (QED) is 0.355. The number of hydrogen-bond acceptors (Lipinski definition) is 8. The van der Waals surface area contributed by atoms with Gasteiger partial charge in [0, 0.05) is 23.2 Å². The van der Waals surface area contributed by atoms with E-state index in [1.54, 1.807) is 36.7 Å². The van der Waals surface area contributed by atoms with Crippen molar-refractivity contribution in [2.45, 2.75) is 0 Å². The van der Waals surface area contributed by atoms with Crippen LogP contribution in [0.4, 0.5) is 16.1 Å². The van der Waals surface area contributed by atoms with Crippen LogP contribution < -0.4 is 11.1 Å². The summed E-state index contributed by atoms with van der Waals surface area (Å²) < 4.78 is 0. The summed E-state index contributed by atoms with van der Waals surface area (Å²) in [6, 6.07) is 10.5. The lowest BCUT2D eigenvalue weighted by Gasteiger charge is -2.00. The van der Waals surface area contributed by atoms with E-state index < -0.39 is 0 Å². The molecule has 0 spiro atoms. The molecule has 0 amide bonds. The molecule has 0 aliphatic rings. The maximum Gasteiger partial charge on any atom is 0.188 e. The average molecular weight is 460 g/mol. The second kappa shape index (κ2) is 11.7. The molecule has 0 radical (unpaired) electrons. The van der Waals surface area contributed by atoms with Gasteiger partial charge < -0.3 is 11.1 Å². The number of nitrogens with two attached hydrogens (primary N) is 1. The van der Waals surface area contributed by atoms with E-state index in [0.29, 0.717) is 26.4 Å². The maximum atomic E-state index is 5.72. The Balaban J connectivity index is 0.000000159. The van der Waals surface area contributed by atoms with Gasteiger partial charge in [-0.05, 0) is 24.3 Å². The first-order chi connectivity index (χ1) is 13.0. The molecule has 0 saturated heterocycles. The molecule has 140 valence electrons. The van der Waals surface area contributed by atoms with E-state index in [9.17, 15) is 0 Å². The molecule has 3 N–H and O–H groups in total. The molecule has 4 aromatic heterocycles. The van der Waals surface area contributed by atoms with Crippen LogP contribution in [0.3, 0.4) is 0 Å². The average Bonchev–Trinajstić information content (AvgIpc) is 3.30. The van der Waals surface area contributed by atoms with E-state index >= 15 is 0 Å². The molecule has 4 rings (SSSR count). The second-order valence-electron chi connectivity index (χ2n) is 4.46. The molecule has 0 atom stereocenters. The number of hydrogen-bond donors (Lipinski definition) is 2. The number of anilines is 3. The molecular weight excluding hydrogens is 447 g/mol. The zero-order chi connectivity index (χ0) is 19.5. The number of aromatic nitrogens is 4. The second-order valence-corrected chi connectivity index (χ2v) is 7.44. The van der Waals surface area contributed by atoms with Crippen molar-refractivity contribution in [3.8, 4) is 0 Å². The molecule has 0 bridgehead atoms. The van der Waals surface area contributed by atoms with Crippen LogP contribution in [0.25, 0.3) is 0 Å². The number of nitrogens with zero attached hydrogens (tertiary/aromatic N) is 4. The minimum Gasteiger partial charge on any atom is -0.375 e. The molecule has 27 heavy (non-hydrogen) atoms. The summed E-state index contributed by atoms with van der Waals surface area (Å²) in [5.41, 5.74) is 5.19. The lowest BCUT2D eigenvalue weighted by Crippen LogP contribution is -1.91. The molecule has 0 aliphatic heterocycles. The normalized spacial score (nSPS) is 9.44. The number of nitrogen functional groups attached to an aromatic ring is 1. The van der Waals surface area contributed by atoms with Crippen LogP contribution in [0.2, 0.25) is 15.5 Å². The zero-order valence-electron chi connectivity index (χ0n) is 13.6. The number of thiazole rings is 2. The zero-order valence-corrected chi connectivity index (χ0v) is 17.5. The number of nitrogens with one attached hydrogen (secondary N) is 1. The van der Waals surface area contributed by atoms with Gasteiger partial charge >= 0.3 is 0 Å². The summed E-state index contributed by atoms with van der Waals surface area (Å²) in [5.74, 6) is 0.711. The van der Waals surface area contributed by atoms with Crippen molar-refractivity contribution >= 4 is 73.6 Å². The Bertz CT molecular complexity index is 902. The Morgan fingerprint density at radius 2 is 1.37 bits per heavy atom. The number of rotatable bonds is 2. The summed E-state index contributed by atoms with van der Waals surface area (Å²) in [5, 5.41) is 9.55. The molecule has 0 saturated carbocycles. The highest BCUT2D eigenvalue weighted by Gasteiger charge is 1.97. The maximum absolute atomic E-state index is 5.72. The Hall–Kier alpha value is -1.97. The van der Waals surface area contributed by atoms with E-state index in [-0.39, 0.29) is 0 Å². The molecule has 0 aliphatic carbocycles. The fraction of sp³-hybridized carbons (Fsp3) is 0. The van der Waals surface area contributed by atoms with Crippen LogP contribution >= 0.6 is 57.5 Å². The first-order valence-electron chi connectivity index (χ1n) is 7.25. The highest BCUT2D eigenvalue weighted by Crippen LogP contribution is 2.17. The predicted octanol–water partition coefficient (Wildman–Crippen LogP) is 6.05.